The Bertz CT molecular complexity index is 968. The summed E-state index contributed by atoms with van der Waals surface area (Å²) in [6.45, 7) is 6.77. The lowest BCUT2D eigenvalue weighted by Crippen LogP contribution is -2.31. The fraction of sp³-hybridized carbons (Fsp3) is 0.333. The Morgan fingerprint density at radius 3 is 2.85 bits per heavy atom. The highest BCUT2D eigenvalue weighted by atomic mass is 35.5. The van der Waals surface area contributed by atoms with Crippen LogP contribution in [-0.2, 0) is 19.5 Å². The van der Waals surface area contributed by atoms with E-state index in [4.69, 9.17) is 32.6 Å². The highest BCUT2D eigenvalue weighted by Gasteiger charge is 2.20. The predicted octanol–water partition coefficient (Wildman–Crippen LogP) is 5.73. The molecule has 0 atom stereocenters. The molecular formula is C21H21Cl2N3O. The monoisotopic (exact) mass is 401 g/mol. The SMILES string of the molecule is CC(C)c1ncc2c(n1)CCN(Cc1ccc(-c3cc(Cl)ccc3Cl)o1)C2. The standard InChI is InChI=1S/C21H21Cl2N3O/c1-13(2)21-24-10-14-11-26(8-7-19(14)25-21)12-16-4-6-20(27-16)17-9-15(22)3-5-18(17)23/h3-6,9-10,13H,7-8,11-12H2,1-2H3. The Kier molecular flexibility index (Phi) is 5.22. The Balaban J connectivity index is 1.48. The van der Waals surface area contributed by atoms with Gasteiger partial charge in [0.05, 0.1) is 11.6 Å². The first kappa shape index (κ1) is 18.5. The van der Waals surface area contributed by atoms with Crippen LogP contribution in [0.25, 0.3) is 11.3 Å². The van der Waals surface area contributed by atoms with Crippen molar-refractivity contribution in [3.63, 3.8) is 0 Å². The van der Waals surface area contributed by atoms with Gasteiger partial charge in [0.1, 0.15) is 17.3 Å². The summed E-state index contributed by atoms with van der Waals surface area (Å²) >= 11 is 12.4. The molecule has 0 unspecified atom stereocenters. The Labute approximate surface area is 169 Å². The molecule has 6 heteroatoms. The maximum atomic E-state index is 6.28. The van der Waals surface area contributed by atoms with E-state index in [1.807, 2.05) is 24.4 Å². The summed E-state index contributed by atoms with van der Waals surface area (Å²) in [5, 5.41) is 1.27. The van der Waals surface area contributed by atoms with Crippen molar-refractivity contribution in [2.45, 2.75) is 39.3 Å². The van der Waals surface area contributed by atoms with E-state index in [0.29, 0.717) is 16.0 Å². The van der Waals surface area contributed by atoms with Gasteiger partial charge >= 0.3 is 0 Å². The molecule has 0 aliphatic carbocycles. The van der Waals surface area contributed by atoms with Gasteiger partial charge in [0.15, 0.2) is 0 Å². The van der Waals surface area contributed by atoms with Gasteiger partial charge in [-0.1, -0.05) is 37.0 Å². The quantitative estimate of drug-likeness (QED) is 0.559. The molecule has 1 aromatic carbocycles. The molecule has 0 radical (unpaired) electrons. The summed E-state index contributed by atoms with van der Waals surface area (Å²) in [6.07, 6.45) is 2.91. The highest BCUT2D eigenvalue weighted by molar-refractivity contribution is 6.35. The van der Waals surface area contributed by atoms with Gasteiger partial charge in [-0.3, -0.25) is 4.90 Å². The summed E-state index contributed by atoms with van der Waals surface area (Å²) in [5.74, 6) is 2.92. The van der Waals surface area contributed by atoms with Crippen molar-refractivity contribution in [1.29, 1.82) is 0 Å². The van der Waals surface area contributed by atoms with Crippen LogP contribution in [0.4, 0.5) is 0 Å². The third kappa shape index (κ3) is 4.03. The Morgan fingerprint density at radius 2 is 2.04 bits per heavy atom. The van der Waals surface area contributed by atoms with Crippen molar-refractivity contribution in [2.24, 2.45) is 0 Å². The first-order chi connectivity index (χ1) is 13.0. The minimum atomic E-state index is 0.355. The number of hydrogen-bond acceptors (Lipinski definition) is 4. The van der Waals surface area contributed by atoms with Crippen molar-refractivity contribution < 1.29 is 4.42 Å². The van der Waals surface area contributed by atoms with Gasteiger partial charge in [0.25, 0.3) is 0 Å². The van der Waals surface area contributed by atoms with Crippen LogP contribution in [0.5, 0.6) is 0 Å². The molecule has 3 aromatic rings. The van der Waals surface area contributed by atoms with E-state index in [1.54, 1.807) is 12.1 Å². The first-order valence-corrected chi connectivity index (χ1v) is 9.86. The van der Waals surface area contributed by atoms with Crippen LogP contribution in [0.3, 0.4) is 0 Å². The number of fused-ring (bicyclic) bond motifs is 1. The van der Waals surface area contributed by atoms with Crippen LogP contribution in [0.2, 0.25) is 10.0 Å². The van der Waals surface area contributed by atoms with Gasteiger partial charge in [-0.2, -0.15) is 0 Å². The van der Waals surface area contributed by atoms with E-state index >= 15 is 0 Å². The van der Waals surface area contributed by atoms with E-state index < -0.39 is 0 Å². The van der Waals surface area contributed by atoms with Crippen molar-refractivity contribution in [3.05, 3.63) is 69.4 Å². The molecule has 27 heavy (non-hydrogen) atoms. The topological polar surface area (TPSA) is 42.2 Å². The second-order valence-corrected chi connectivity index (χ2v) is 8.05. The molecule has 140 valence electrons. The van der Waals surface area contributed by atoms with Crippen molar-refractivity contribution >= 4 is 23.2 Å². The number of halogens is 2. The molecule has 0 saturated heterocycles. The highest BCUT2D eigenvalue weighted by Crippen LogP contribution is 2.32. The fourth-order valence-electron chi connectivity index (χ4n) is 3.32. The van der Waals surface area contributed by atoms with Gasteiger partial charge in [0, 0.05) is 53.5 Å². The van der Waals surface area contributed by atoms with E-state index in [9.17, 15) is 0 Å². The molecule has 0 amide bonds. The largest absolute Gasteiger partial charge is 0.460 e. The second-order valence-electron chi connectivity index (χ2n) is 7.21. The lowest BCUT2D eigenvalue weighted by molar-refractivity contribution is 0.224. The molecule has 0 bridgehead atoms. The van der Waals surface area contributed by atoms with Gasteiger partial charge < -0.3 is 4.42 Å². The number of nitrogens with zero attached hydrogens (tertiary/aromatic N) is 3. The summed E-state index contributed by atoms with van der Waals surface area (Å²) in [5.41, 5.74) is 3.19. The normalized spacial score (nSPS) is 14.6. The number of hydrogen-bond donors (Lipinski definition) is 0. The number of furan rings is 1. The minimum Gasteiger partial charge on any atom is -0.460 e. The molecular weight excluding hydrogens is 381 g/mol. The molecule has 4 rings (SSSR count). The molecule has 0 spiro atoms. The van der Waals surface area contributed by atoms with Gasteiger partial charge in [0.2, 0.25) is 0 Å². The van der Waals surface area contributed by atoms with Crippen LogP contribution in [0, 0.1) is 0 Å². The maximum absolute atomic E-state index is 6.28. The number of benzene rings is 1. The third-order valence-electron chi connectivity index (χ3n) is 4.78. The van der Waals surface area contributed by atoms with Crippen LogP contribution in [0.15, 0.2) is 40.9 Å². The van der Waals surface area contributed by atoms with Gasteiger partial charge in [-0.15, -0.1) is 0 Å². The van der Waals surface area contributed by atoms with Crippen molar-refractivity contribution in [3.8, 4) is 11.3 Å². The van der Waals surface area contributed by atoms with Gasteiger partial charge in [-0.25, -0.2) is 9.97 Å². The fourth-order valence-corrected chi connectivity index (χ4v) is 3.70. The molecule has 3 heterocycles. The van der Waals surface area contributed by atoms with Crippen molar-refractivity contribution in [2.75, 3.05) is 6.54 Å². The smallest absolute Gasteiger partial charge is 0.135 e. The van der Waals surface area contributed by atoms with E-state index in [-0.39, 0.29) is 0 Å². The number of aromatic nitrogens is 2. The molecule has 4 nitrogen and oxygen atoms in total. The average molecular weight is 402 g/mol. The van der Waals surface area contributed by atoms with Crippen LogP contribution in [0.1, 0.15) is 42.6 Å². The molecule has 1 aliphatic rings. The minimum absolute atomic E-state index is 0.355. The predicted molar refractivity (Wildman–Crippen MR) is 108 cm³/mol. The van der Waals surface area contributed by atoms with Crippen molar-refractivity contribution in [1.82, 2.24) is 14.9 Å². The average Bonchev–Trinajstić information content (AvgIpc) is 3.11. The third-order valence-corrected chi connectivity index (χ3v) is 5.35. The zero-order valence-electron chi connectivity index (χ0n) is 15.4. The molecule has 2 aromatic heterocycles. The lowest BCUT2D eigenvalue weighted by atomic mass is 10.1. The Morgan fingerprint density at radius 1 is 1.19 bits per heavy atom. The zero-order valence-corrected chi connectivity index (χ0v) is 16.9. The van der Waals surface area contributed by atoms with Gasteiger partial charge in [-0.05, 0) is 30.3 Å². The lowest BCUT2D eigenvalue weighted by Gasteiger charge is -2.27. The molecule has 0 fully saturated rings. The molecule has 1 aliphatic heterocycles. The summed E-state index contributed by atoms with van der Waals surface area (Å²) in [7, 11) is 0. The maximum Gasteiger partial charge on any atom is 0.135 e. The number of rotatable bonds is 4. The summed E-state index contributed by atoms with van der Waals surface area (Å²) in [6, 6.07) is 9.33. The van der Waals surface area contributed by atoms with E-state index in [1.165, 1.54) is 11.3 Å². The summed E-state index contributed by atoms with van der Waals surface area (Å²) in [4.78, 5) is 11.6. The zero-order chi connectivity index (χ0) is 19.0. The first-order valence-electron chi connectivity index (χ1n) is 9.11. The Hall–Kier alpha value is -1.88. The summed E-state index contributed by atoms with van der Waals surface area (Å²) < 4.78 is 6.03. The van der Waals surface area contributed by atoms with Crippen LogP contribution < -0.4 is 0 Å². The van der Waals surface area contributed by atoms with Crippen LogP contribution in [-0.4, -0.2) is 21.4 Å². The second kappa shape index (κ2) is 7.63. The van der Waals surface area contributed by atoms with E-state index in [0.717, 1.165) is 49.0 Å². The van der Waals surface area contributed by atoms with Crippen LogP contribution >= 0.6 is 23.2 Å². The van der Waals surface area contributed by atoms with E-state index in [2.05, 4.69) is 23.7 Å². The molecule has 0 saturated carbocycles. The molecule has 0 N–H and O–H groups in total.